The lowest BCUT2D eigenvalue weighted by Crippen LogP contribution is -2.17. The van der Waals surface area contributed by atoms with Crippen molar-refractivity contribution in [2.24, 2.45) is 5.92 Å². The Morgan fingerprint density at radius 1 is 1.44 bits per heavy atom. The largest absolute Gasteiger partial charge is 0.481 e. The number of hydrogen-bond donors (Lipinski definition) is 1. The molecule has 0 aromatic carbocycles. The van der Waals surface area contributed by atoms with Gasteiger partial charge in [-0.25, -0.2) is 4.98 Å². The minimum absolute atomic E-state index is 0.260. The summed E-state index contributed by atoms with van der Waals surface area (Å²) >= 11 is 0. The Balaban J connectivity index is 2.01. The minimum atomic E-state index is -0.718. The number of nitrogens with zero attached hydrogens (tertiary/aromatic N) is 1. The van der Waals surface area contributed by atoms with Gasteiger partial charge < -0.3 is 5.11 Å². The average molecular weight is 251 g/mol. The molecule has 1 fully saturated rings. The van der Waals surface area contributed by atoms with Crippen LogP contribution in [0.4, 0.5) is 4.39 Å². The Hall–Kier alpha value is -1.45. The second-order valence-electron chi connectivity index (χ2n) is 5.13. The first kappa shape index (κ1) is 13.0. The molecular formula is C14H18FNO2. The van der Waals surface area contributed by atoms with E-state index in [-0.39, 0.29) is 18.3 Å². The van der Waals surface area contributed by atoms with Gasteiger partial charge in [-0.3, -0.25) is 4.79 Å². The molecule has 1 aromatic rings. The van der Waals surface area contributed by atoms with Crippen molar-refractivity contribution in [3.05, 3.63) is 29.3 Å². The van der Waals surface area contributed by atoms with E-state index in [1.165, 1.54) is 6.20 Å². The maximum atomic E-state index is 13.4. The summed E-state index contributed by atoms with van der Waals surface area (Å²) in [6.07, 6.45) is 5.50. The fraction of sp³-hybridized carbons (Fsp3) is 0.571. The number of rotatable bonds is 3. The zero-order valence-electron chi connectivity index (χ0n) is 10.5. The summed E-state index contributed by atoms with van der Waals surface area (Å²) in [6, 6.07) is 1.89. The number of carbonyl (C=O) groups is 1. The molecule has 1 aliphatic rings. The number of carboxylic acids is 1. The molecule has 0 bridgehead atoms. The van der Waals surface area contributed by atoms with Gasteiger partial charge in [-0.1, -0.05) is 0 Å². The van der Waals surface area contributed by atoms with E-state index >= 15 is 0 Å². The van der Waals surface area contributed by atoms with Gasteiger partial charge in [0, 0.05) is 18.2 Å². The molecule has 4 heteroatoms. The van der Waals surface area contributed by atoms with E-state index in [4.69, 9.17) is 5.11 Å². The van der Waals surface area contributed by atoms with Crippen molar-refractivity contribution in [2.45, 2.75) is 44.9 Å². The van der Waals surface area contributed by atoms with Crippen LogP contribution in [-0.2, 0) is 4.79 Å². The summed E-state index contributed by atoms with van der Waals surface area (Å²) < 4.78 is 13.4. The van der Waals surface area contributed by atoms with E-state index in [2.05, 4.69) is 4.98 Å². The molecule has 0 unspecified atom stereocenters. The van der Waals surface area contributed by atoms with E-state index in [1.54, 1.807) is 6.92 Å². The molecule has 1 saturated carbocycles. The highest BCUT2D eigenvalue weighted by Crippen LogP contribution is 2.38. The van der Waals surface area contributed by atoms with E-state index in [9.17, 15) is 9.18 Å². The highest BCUT2D eigenvalue weighted by atomic mass is 19.1. The normalized spacial score (nSPS) is 23.9. The molecule has 0 amide bonds. The molecule has 0 saturated heterocycles. The zero-order chi connectivity index (χ0) is 13.1. The SMILES string of the molecule is Cc1c(F)nccc1[C@H]1CC[C@H](CC(=O)O)CC1. The van der Waals surface area contributed by atoms with Crippen LogP contribution in [0.1, 0.15) is 49.1 Å². The van der Waals surface area contributed by atoms with E-state index in [0.29, 0.717) is 11.5 Å². The van der Waals surface area contributed by atoms with Gasteiger partial charge in [0.1, 0.15) is 0 Å². The predicted molar refractivity (Wildman–Crippen MR) is 65.9 cm³/mol. The fourth-order valence-electron chi connectivity index (χ4n) is 2.89. The summed E-state index contributed by atoms with van der Waals surface area (Å²) in [5, 5.41) is 8.77. The number of hydrogen-bond acceptors (Lipinski definition) is 2. The first-order chi connectivity index (χ1) is 8.58. The van der Waals surface area contributed by atoms with Crippen molar-refractivity contribution < 1.29 is 14.3 Å². The second kappa shape index (κ2) is 5.46. The molecule has 98 valence electrons. The van der Waals surface area contributed by atoms with E-state index in [0.717, 1.165) is 31.2 Å². The molecule has 0 radical (unpaired) electrons. The third kappa shape index (κ3) is 2.86. The van der Waals surface area contributed by atoms with Crippen LogP contribution in [0.3, 0.4) is 0 Å². The van der Waals surface area contributed by atoms with Gasteiger partial charge in [0.2, 0.25) is 5.95 Å². The Morgan fingerprint density at radius 3 is 2.72 bits per heavy atom. The maximum Gasteiger partial charge on any atom is 0.303 e. The summed E-state index contributed by atoms with van der Waals surface area (Å²) in [7, 11) is 0. The number of carboxylic acid groups (broad SMARTS) is 1. The van der Waals surface area contributed by atoms with Crippen molar-refractivity contribution in [3.63, 3.8) is 0 Å². The number of aromatic nitrogens is 1. The number of pyridine rings is 1. The molecule has 0 spiro atoms. The van der Waals surface area contributed by atoms with Crippen LogP contribution in [0.5, 0.6) is 0 Å². The molecule has 1 aromatic heterocycles. The van der Waals surface area contributed by atoms with Gasteiger partial charge in [-0.15, -0.1) is 0 Å². The smallest absolute Gasteiger partial charge is 0.303 e. The van der Waals surface area contributed by atoms with Crippen LogP contribution in [0.2, 0.25) is 0 Å². The Morgan fingerprint density at radius 2 is 2.11 bits per heavy atom. The highest BCUT2D eigenvalue weighted by molar-refractivity contribution is 5.67. The quantitative estimate of drug-likeness (QED) is 0.839. The van der Waals surface area contributed by atoms with Crippen molar-refractivity contribution in [3.8, 4) is 0 Å². The van der Waals surface area contributed by atoms with Gasteiger partial charge in [0.15, 0.2) is 0 Å². The molecule has 1 aliphatic carbocycles. The van der Waals surface area contributed by atoms with Crippen LogP contribution >= 0.6 is 0 Å². The summed E-state index contributed by atoms with van der Waals surface area (Å²) in [6.45, 7) is 1.76. The number of aliphatic carboxylic acids is 1. The molecule has 0 aliphatic heterocycles. The standard InChI is InChI=1S/C14H18FNO2/c1-9-12(6-7-16-14(9)15)11-4-2-10(3-5-11)8-13(17)18/h6-7,10-11H,2-5,8H2,1H3,(H,17,18)/t10-,11-. The van der Waals surface area contributed by atoms with Crippen LogP contribution in [-0.4, -0.2) is 16.1 Å². The Kier molecular flexibility index (Phi) is 3.94. The summed E-state index contributed by atoms with van der Waals surface area (Å²) in [4.78, 5) is 14.3. The first-order valence-corrected chi connectivity index (χ1v) is 6.40. The average Bonchev–Trinajstić information content (AvgIpc) is 2.33. The van der Waals surface area contributed by atoms with Gasteiger partial charge >= 0.3 is 5.97 Å². The van der Waals surface area contributed by atoms with Crippen LogP contribution in [0.25, 0.3) is 0 Å². The van der Waals surface area contributed by atoms with E-state index in [1.807, 2.05) is 6.07 Å². The second-order valence-corrected chi connectivity index (χ2v) is 5.13. The topological polar surface area (TPSA) is 50.2 Å². The summed E-state index contributed by atoms with van der Waals surface area (Å²) in [5.41, 5.74) is 1.68. The number of halogens is 1. The molecule has 2 rings (SSSR count). The van der Waals surface area contributed by atoms with Gasteiger partial charge in [0.25, 0.3) is 0 Å². The monoisotopic (exact) mass is 251 g/mol. The van der Waals surface area contributed by atoms with Gasteiger partial charge in [-0.2, -0.15) is 4.39 Å². The first-order valence-electron chi connectivity index (χ1n) is 6.40. The van der Waals surface area contributed by atoms with Crippen molar-refractivity contribution in [1.29, 1.82) is 0 Å². The lowest BCUT2D eigenvalue weighted by Gasteiger charge is -2.28. The third-order valence-electron chi connectivity index (χ3n) is 3.93. The lowest BCUT2D eigenvalue weighted by atomic mass is 9.77. The minimum Gasteiger partial charge on any atom is -0.481 e. The molecule has 0 atom stereocenters. The molecule has 3 nitrogen and oxygen atoms in total. The van der Waals surface area contributed by atoms with Crippen molar-refractivity contribution in [1.82, 2.24) is 4.98 Å². The van der Waals surface area contributed by atoms with E-state index < -0.39 is 5.97 Å². The van der Waals surface area contributed by atoms with Crippen molar-refractivity contribution >= 4 is 5.97 Å². The Bertz CT molecular complexity index is 439. The molecule has 1 heterocycles. The van der Waals surface area contributed by atoms with Crippen LogP contribution < -0.4 is 0 Å². The molecule has 1 N–H and O–H groups in total. The van der Waals surface area contributed by atoms with Gasteiger partial charge in [0.05, 0.1) is 0 Å². The predicted octanol–water partition coefficient (Wildman–Crippen LogP) is 3.28. The highest BCUT2D eigenvalue weighted by Gasteiger charge is 2.25. The van der Waals surface area contributed by atoms with Crippen LogP contribution in [0.15, 0.2) is 12.3 Å². The van der Waals surface area contributed by atoms with Gasteiger partial charge in [-0.05, 0) is 56.1 Å². The third-order valence-corrected chi connectivity index (χ3v) is 3.93. The summed E-state index contributed by atoms with van der Waals surface area (Å²) in [5.74, 6) is -0.469. The zero-order valence-corrected chi connectivity index (χ0v) is 10.5. The van der Waals surface area contributed by atoms with Crippen molar-refractivity contribution in [2.75, 3.05) is 0 Å². The Labute approximate surface area is 106 Å². The lowest BCUT2D eigenvalue weighted by molar-refractivity contribution is -0.138. The molecular weight excluding hydrogens is 233 g/mol. The fourth-order valence-corrected chi connectivity index (χ4v) is 2.89. The van der Waals surface area contributed by atoms with Crippen LogP contribution in [0, 0.1) is 18.8 Å². The molecule has 18 heavy (non-hydrogen) atoms. The maximum absolute atomic E-state index is 13.4.